The van der Waals surface area contributed by atoms with Gasteiger partial charge in [-0.3, -0.25) is 9.79 Å². The van der Waals surface area contributed by atoms with E-state index in [0.717, 1.165) is 0 Å². The van der Waals surface area contributed by atoms with Crippen molar-refractivity contribution in [3.63, 3.8) is 0 Å². The smallest absolute Gasteiger partial charge is 0.410 e. The number of rotatable bonds is 1. The Morgan fingerprint density at radius 3 is 2.16 bits per heavy atom. The van der Waals surface area contributed by atoms with Crippen molar-refractivity contribution in [3.8, 4) is 0 Å². The van der Waals surface area contributed by atoms with E-state index >= 15 is 0 Å². The molecule has 0 bridgehead atoms. The van der Waals surface area contributed by atoms with Crippen LogP contribution in [0.2, 0.25) is 0 Å². The van der Waals surface area contributed by atoms with Crippen LogP contribution in [0.5, 0.6) is 0 Å². The predicted octanol–water partition coefficient (Wildman–Crippen LogP) is 2.63. The minimum absolute atomic E-state index is 0.0459. The van der Waals surface area contributed by atoms with E-state index in [1.54, 1.807) is 20.8 Å². The van der Waals surface area contributed by atoms with Crippen molar-refractivity contribution < 1.29 is 27.5 Å². The average Bonchev–Trinajstić information content (AvgIpc) is 3.21. The quantitative estimate of drug-likeness (QED) is 0.780. The summed E-state index contributed by atoms with van der Waals surface area (Å²) in [5.74, 6) is -0.752. The van der Waals surface area contributed by atoms with Gasteiger partial charge in [0.2, 0.25) is 0 Å². The monoisotopic (exact) mass is 361 g/mol. The summed E-state index contributed by atoms with van der Waals surface area (Å²) in [4.78, 5) is 30.1. The maximum absolute atomic E-state index is 13.3. The molecule has 6 nitrogen and oxygen atoms in total. The topological polar surface area (TPSA) is 71.0 Å². The molecular weight excluding hydrogens is 339 g/mol. The molecule has 3 aliphatic rings. The van der Waals surface area contributed by atoms with Gasteiger partial charge in [-0.2, -0.15) is 13.2 Å². The number of amidine groups is 1. The van der Waals surface area contributed by atoms with Gasteiger partial charge in [0, 0.05) is 13.1 Å². The van der Waals surface area contributed by atoms with Crippen LogP contribution in [0.25, 0.3) is 0 Å². The standard InChI is InChI=1S/C16H22F3N3O3/c1-13(2,3)25-12(24)22-8-6-15(7-9-22)11(23)20-10(21-15)14(4-5-14)16(17,18)19/h4-9H2,1-3H3,(H,20,21,23). The Morgan fingerprint density at radius 2 is 1.72 bits per heavy atom. The summed E-state index contributed by atoms with van der Waals surface area (Å²) >= 11 is 0. The minimum atomic E-state index is -4.41. The van der Waals surface area contributed by atoms with E-state index in [2.05, 4.69) is 10.3 Å². The number of piperidine rings is 1. The number of alkyl halides is 3. The number of carbonyl (C=O) groups is 2. The Balaban J connectivity index is 1.71. The minimum Gasteiger partial charge on any atom is -0.444 e. The van der Waals surface area contributed by atoms with E-state index in [9.17, 15) is 22.8 Å². The fourth-order valence-corrected chi connectivity index (χ4v) is 3.25. The number of aliphatic imine (C=N–C) groups is 1. The van der Waals surface area contributed by atoms with Gasteiger partial charge in [-0.25, -0.2) is 4.79 Å². The molecule has 2 amide bonds. The van der Waals surface area contributed by atoms with Crippen molar-refractivity contribution in [1.82, 2.24) is 10.2 Å². The molecular formula is C16H22F3N3O3. The van der Waals surface area contributed by atoms with Crippen molar-refractivity contribution in [3.05, 3.63) is 0 Å². The summed E-state index contributed by atoms with van der Waals surface area (Å²) in [5, 5.41) is 2.36. The van der Waals surface area contributed by atoms with Gasteiger partial charge in [0.05, 0.1) is 0 Å². The molecule has 2 aliphatic heterocycles. The molecule has 1 N–H and O–H groups in total. The zero-order valence-corrected chi connectivity index (χ0v) is 14.5. The fourth-order valence-electron chi connectivity index (χ4n) is 3.25. The zero-order valence-electron chi connectivity index (χ0n) is 14.5. The summed E-state index contributed by atoms with van der Waals surface area (Å²) in [6.45, 7) is 5.70. The number of nitrogens with zero attached hydrogens (tertiary/aromatic N) is 2. The number of hydrogen-bond acceptors (Lipinski definition) is 4. The highest BCUT2D eigenvalue weighted by atomic mass is 19.4. The number of ether oxygens (including phenoxy) is 1. The van der Waals surface area contributed by atoms with Crippen LogP contribution in [0.15, 0.2) is 4.99 Å². The van der Waals surface area contributed by atoms with Gasteiger partial charge in [-0.05, 0) is 46.5 Å². The van der Waals surface area contributed by atoms with Crippen LogP contribution in [0.4, 0.5) is 18.0 Å². The molecule has 2 heterocycles. The lowest BCUT2D eigenvalue weighted by molar-refractivity contribution is -0.166. The molecule has 9 heteroatoms. The van der Waals surface area contributed by atoms with Crippen molar-refractivity contribution in [2.75, 3.05) is 13.1 Å². The SMILES string of the molecule is CC(C)(C)OC(=O)N1CCC2(CC1)N=C(C1(C(F)(F)F)CC1)NC2=O. The molecule has 1 saturated carbocycles. The second-order valence-corrected chi connectivity index (χ2v) is 7.99. The van der Waals surface area contributed by atoms with E-state index in [1.165, 1.54) is 4.90 Å². The Kier molecular flexibility index (Phi) is 3.85. The molecule has 0 unspecified atom stereocenters. The van der Waals surface area contributed by atoms with Crippen LogP contribution in [-0.2, 0) is 9.53 Å². The Morgan fingerprint density at radius 1 is 1.16 bits per heavy atom. The Labute approximate surface area is 143 Å². The number of hydrogen-bond donors (Lipinski definition) is 1. The molecule has 0 radical (unpaired) electrons. The van der Waals surface area contributed by atoms with Crippen molar-refractivity contribution in [1.29, 1.82) is 0 Å². The van der Waals surface area contributed by atoms with Gasteiger partial charge in [-0.1, -0.05) is 0 Å². The van der Waals surface area contributed by atoms with E-state index in [4.69, 9.17) is 4.74 Å². The third kappa shape index (κ3) is 3.08. The molecule has 0 atom stereocenters. The first-order chi connectivity index (χ1) is 11.4. The third-order valence-corrected chi connectivity index (χ3v) is 4.97. The van der Waals surface area contributed by atoms with Gasteiger partial charge in [-0.15, -0.1) is 0 Å². The molecule has 0 aromatic carbocycles. The molecule has 1 spiro atoms. The van der Waals surface area contributed by atoms with E-state index < -0.39 is 34.7 Å². The summed E-state index contributed by atoms with van der Waals surface area (Å²) in [5.41, 5.74) is -3.82. The Bertz CT molecular complexity index is 625. The van der Waals surface area contributed by atoms with Crippen LogP contribution in [-0.4, -0.2) is 53.1 Å². The van der Waals surface area contributed by atoms with Gasteiger partial charge < -0.3 is 15.0 Å². The highest BCUT2D eigenvalue weighted by Crippen LogP contribution is 2.59. The van der Waals surface area contributed by atoms with Crippen LogP contribution < -0.4 is 5.32 Å². The van der Waals surface area contributed by atoms with Gasteiger partial charge in [0.25, 0.3) is 5.91 Å². The third-order valence-electron chi connectivity index (χ3n) is 4.97. The molecule has 25 heavy (non-hydrogen) atoms. The van der Waals surface area contributed by atoms with E-state index in [-0.39, 0.29) is 44.6 Å². The molecule has 140 valence electrons. The highest BCUT2D eigenvalue weighted by molar-refractivity contribution is 6.11. The van der Waals surface area contributed by atoms with E-state index in [0.29, 0.717) is 0 Å². The van der Waals surface area contributed by atoms with Crippen molar-refractivity contribution in [2.24, 2.45) is 10.4 Å². The Hall–Kier alpha value is -1.80. The number of carbonyl (C=O) groups excluding carboxylic acids is 2. The number of nitrogens with one attached hydrogen (secondary N) is 1. The largest absolute Gasteiger partial charge is 0.444 e. The summed E-state index contributed by atoms with van der Waals surface area (Å²) in [6, 6.07) is 0. The maximum atomic E-state index is 13.3. The summed E-state index contributed by atoms with van der Waals surface area (Å²) in [7, 11) is 0. The number of amides is 2. The second kappa shape index (κ2) is 5.35. The van der Waals surface area contributed by atoms with E-state index in [1.807, 2.05) is 0 Å². The average molecular weight is 361 g/mol. The molecule has 0 aromatic heterocycles. The second-order valence-electron chi connectivity index (χ2n) is 7.99. The van der Waals surface area contributed by atoms with Gasteiger partial charge >= 0.3 is 12.3 Å². The van der Waals surface area contributed by atoms with Crippen LogP contribution in [0, 0.1) is 5.41 Å². The lowest BCUT2D eigenvalue weighted by Crippen LogP contribution is -2.51. The maximum Gasteiger partial charge on any atom is 0.410 e. The first-order valence-electron chi connectivity index (χ1n) is 8.35. The van der Waals surface area contributed by atoms with Crippen LogP contribution in [0.1, 0.15) is 46.5 Å². The molecule has 3 rings (SSSR count). The van der Waals surface area contributed by atoms with Gasteiger partial charge in [0.1, 0.15) is 22.4 Å². The molecule has 1 aliphatic carbocycles. The van der Waals surface area contributed by atoms with Crippen molar-refractivity contribution >= 4 is 17.8 Å². The number of likely N-dealkylation sites (tertiary alicyclic amines) is 1. The molecule has 1 saturated heterocycles. The molecule has 2 fully saturated rings. The number of halogens is 3. The van der Waals surface area contributed by atoms with Crippen LogP contribution in [0.3, 0.4) is 0 Å². The lowest BCUT2D eigenvalue weighted by atomic mass is 9.88. The zero-order chi connectivity index (χ0) is 18.7. The first kappa shape index (κ1) is 18.0. The first-order valence-corrected chi connectivity index (χ1v) is 8.35. The summed E-state index contributed by atoms with van der Waals surface area (Å²) in [6.07, 6.45) is -4.61. The highest BCUT2D eigenvalue weighted by Gasteiger charge is 2.69. The summed E-state index contributed by atoms with van der Waals surface area (Å²) < 4.78 is 45.1. The normalized spacial score (nSPS) is 24.8. The fraction of sp³-hybridized carbons (Fsp3) is 0.812. The predicted molar refractivity (Wildman–Crippen MR) is 83.1 cm³/mol. The van der Waals surface area contributed by atoms with Gasteiger partial charge in [0.15, 0.2) is 0 Å². The van der Waals surface area contributed by atoms with Crippen LogP contribution >= 0.6 is 0 Å². The lowest BCUT2D eigenvalue weighted by Gasteiger charge is -2.36. The molecule has 0 aromatic rings. The van der Waals surface area contributed by atoms with Crippen molar-refractivity contribution in [2.45, 2.75) is 63.8 Å².